The number of amides is 1. The highest BCUT2D eigenvalue weighted by Gasteiger charge is 2.29. The Morgan fingerprint density at radius 3 is 2.31 bits per heavy atom. The van der Waals surface area contributed by atoms with Crippen LogP contribution < -0.4 is 19.1 Å². The number of rotatable bonds is 10. The Morgan fingerprint density at radius 1 is 1.00 bits per heavy atom. The molecule has 0 saturated heterocycles. The first kappa shape index (κ1) is 26.4. The molecule has 1 unspecified atom stereocenters. The molecule has 0 aliphatic heterocycles. The van der Waals surface area contributed by atoms with Crippen LogP contribution in [0.25, 0.3) is 0 Å². The van der Waals surface area contributed by atoms with E-state index in [1.54, 1.807) is 69.7 Å². The number of sulfonamides is 1. The van der Waals surface area contributed by atoms with Gasteiger partial charge in [-0.2, -0.15) is 0 Å². The number of nitrogens with one attached hydrogen (secondary N) is 1. The van der Waals surface area contributed by atoms with Gasteiger partial charge in [0.15, 0.2) is 11.5 Å². The van der Waals surface area contributed by atoms with Gasteiger partial charge in [0.25, 0.3) is 10.0 Å². The number of hydrogen-bond donors (Lipinski definition) is 1. The average Bonchev–Trinajstić information content (AvgIpc) is 2.87. The largest absolute Gasteiger partial charge is 0.493 e. The second-order valence-electron chi connectivity index (χ2n) is 7.85. The normalized spacial score (nSPS) is 12.0. The third-order valence-corrected chi connectivity index (χ3v) is 7.86. The van der Waals surface area contributed by atoms with Crippen molar-refractivity contribution in [2.45, 2.75) is 31.2 Å². The molecule has 0 fully saturated rings. The monoisotopic (exact) mass is 516 g/mol. The lowest BCUT2D eigenvalue weighted by Gasteiger charge is -2.27. The number of anilines is 1. The Labute approximate surface area is 211 Å². The smallest absolute Gasteiger partial charge is 0.264 e. The zero-order valence-electron chi connectivity index (χ0n) is 20.1. The fourth-order valence-corrected chi connectivity index (χ4v) is 5.42. The van der Waals surface area contributed by atoms with E-state index in [1.165, 1.54) is 12.1 Å². The molecule has 35 heavy (non-hydrogen) atoms. The molecule has 0 aliphatic rings. The third-order valence-electron chi connectivity index (χ3n) is 5.68. The Balaban J connectivity index is 1.94. The van der Waals surface area contributed by atoms with Crippen molar-refractivity contribution in [3.05, 3.63) is 82.9 Å². The zero-order valence-corrected chi connectivity index (χ0v) is 21.7. The minimum Gasteiger partial charge on any atom is -0.493 e. The number of carbonyl (C=O) groups excluding carboxylic acids is 1. The number of benzene rings is 3. The highest BCUT2D eigenvalue weighted by atomic mass is 35.5. The topological polar surface area (TPSA) is 84.9 Å². The molecule has 0 aromatic heterocycles. The van der Waals surface area contributed by atoms with E-state index in [2.05, 4.69) is 5.32 Å². The van der Waals surface area contributed by atoms with Crippen molar-refractivity contribution < 1.29 is 22.7 Å². The fourth-order valence-electron chi connectivity index (χ4n) is 3.75. The maximum atomic E-state index is 13.6. The zero-order chi connectivity index (χ0) is 25.6. The van der Waals surface area contributed by atoms with Crippen LogP contribution in [0.3, 0.4) is 0 Å². The molecule has 7 nitrogen and oxygen atoms in total. The van der Waals surface area contributed by atoms with Gasteiger partial charge in [-0.05, 0) is 60.9 Å². The lowest BCUT2D eigenvalue weighted by molar-refractivity contribution is -0.120. The Hall–Kier alpha value is -3.23. The van der Waals surface area contributed by atoms with Gasteiger partial charge in [-0.15, -0.1) is 0 Å². The molecular formula is C26H29ClN2O5S. The molecule has 1 N–H and O–H groups in total. The molecule has 3 aromatic rings. The summed E-state index contributed by atoms with van der Waals surface area (Å²) in [4.78, 5) is 13.3. The summed E-state index contributed by atoms with van der Waals surface area (Å²) in [6.07, 6.45) is 0.586. The van der Waals surface area contributed by atoms with Crippen LogP contribution in [0.2, 0.25) is 5.02 Å². The van der Waals surface area contributed by atoms with Crippen molar-refractivity contribution in [1.82, 2.24) is 5.32 Å². The fraction of sp³-hybridized carbons (Fsp3) is 0.269. The molecule has 0 spiro atoms. The SMILES string of the molecule is CCC(NC(=O)CN(c1cccc(Cl)c1C)S(=O)(=O)c1ccccc1)c1ccc(OC)c(OC)c1. The van der Waals surface area contributed by atoms with Gasteiger partial charge in [0.05, 0.1) is 30.8 Å². The standard InChI is InChI=1S/C26H29ClN2O5S/c1-5-22(19-14-15-24(33-3)25(16-19)34-4)28-26(30)17-29(23-13-9-12-21(27)18(23)2)35(31,32)20-10-7-6-8-11-20/h6-16,22H,5,17H2,1-4H3,(H,28,30). The molecule has 1 atom stereocenters. The summed E-state index contributed by atoms with van der Waals surface area (Å²) in [6.45, 7) is 3.24. The minimum absolute atomic E-state index is 0.0825. The van der Waals surface area contributed by atoms with Gasteiger partial charge in [0.2, 0.25) is 5.91 Å². The predicted molar refractivity (Wildman–Crippen MR) is 138 cm³/mol. The number of nitrogens with zero attached hydrogens (tertiary/aromatic N) is 1. The number of hydrogen-bond acceptors (Lipinski definition) is 5. The highest BCUT2D eigenvalue weighted by molar-refractivity contribution is 7.92. The second kappa shape index (κ2) is 11.5. The van der Waals surface area contributed by atoms with Gasteiger partial charge in [-0.1, -0.05) is 48.9 Å². The van der Waals surface area contributed by atoms with Crippen molar-refractivity contribution in [2.24, 2.45) is 0 Å². The second-order valence-corrected chi connectivity index (χ2v) is 10.1. The summed E-state index contributed by atoms with van der Waals surface area (Å²) in [6, 6.07) is 18.0. The summed E-state index contributed by atoms with van der Waals surface area (Å²) in [7, 11) is -0.944. The van der Waals surface area contributed by atoms with Gasteiger partial charge >= 0.3 is 0 Å². The van der Waals surface area contributed by atoms with E-state index in [0.717, 1.165) is 9.87 Å². The van der Waals surface area contributed by atoms with E-state index in [9.17, 15) is 13.2 Å². The molecule has 9 heteroatoms. The molecule has 186 valence electrons. The van der Waals surface area contributed by atoms with Crippen molar-refractivity contribution in [1.29, 1.82) is 0 Å². The summed E-state index contributed by atoms with van der Waals surface area (Å²) in [5.41, 5.74) is 1.72. The molecular weight excluding hydrogens is 488 g/mol. The van der Waals surface area contributed by atoms with E-state index in [4.69, 9.17) is 21.1 Å². The Kier molecular flexibility index (Phi) is 8.64. The first-order valence-electron chi connectivity index (χ1n) is 11.1. The lowest BCUT2D eigenvalue weighted by atomic mass is 10.0. The number of halogens is 1. The van der Waals surface area contributed by atoms with Crippen molar-refractivity contribution in [2.75, 3.05) is 25.1 Å². The number of methoxy groups -OCH3 is 2. The lowest BCUT2D eigenvalue weighted by Crippen LogP contribution is -2.42. The molecule has 3 aromatic carbocycles. The number of ether oxygens (including phenoxy) is 2. The van der Waals surface area contributed by atoms with Crippen LogP contribution >= 0.6 is 11.6 Å². The highest BCUT2D eigenvalue weighted by Crippen LogP contribution is 2.32. The Bertz CT molecular complexity index is 1280. The van der Waals surface area contributed by atoms with Crippen molar-refractivity contribution in [3.8, 4) is 11.5 Å². The summed E-state index contributed by atoms with van der Waals surface area (Å²) < 4.78 is 38.9. The van der Waals surface area contributed by atoms with Gasteiger partial charge in [-0.25, -0.2) is 8.42 Å². The van der Waals surface area contributed by atoms with Gasteiger partial charge in [0.1, 0.15) is 6.54 Å². The first-order valence-corrected chi connectivity index (χ1v) is 12.9. The molecule has 0 bridgehead atoms. The molecule has 3 rings (SSSR count). The van der Waals surface area contributed by atoms with E-state index in [-0.39, 0.29) is 10.9 Å². The van der Waals surface area contributed by atoms with Crippen LogP contribution in [0.5, 0.6) is 11.5 Å². The Morgan fingerprint density at radius 2 is 1.69 bits per heavy atom. The van der Waals surface area contributed by atoms with Crippen LogP contribution in [0.4, 0.5) is 5.69 Å². The first-order chi connectivity index (χ1) is 16.7. The van der Waals surface area contributed by atoms with Gasteiger partial charge < -0.3 is 14.8 Å². The third kappa shape index (κ3) is 5.89. The van der Waals surface area contributed by atoms with Crippen LogP contribution in [-0.2, 0) is 14.8 Å². The van der Waals surface area contributed by atoms with Crippen LogP contribution in [0.1, 0.15) is 30.5 Å². The predicted octanol–water partition coefficient (Wildman–Crippen LogP) is 5.13. The van der Waals surface area contributed by atoms with Gasteiger partial charge in [0, 0.05) is 5.02 Å². The van der Waals surface area contributed by atoms with Gasteiger partial charge in [-0.3, -0.25) is 9.10 Å². The average molecular weight is 517 g/mol. The maximum Gasteiger partial charge on any atom is 0.264 e. The number of carbonyl (C=O) groups is 1. The maximum absolute atomic E-state index is 13.6. The van der Waals surface area contributed by atoms with E-state index < -0.39 is 22.5 Å². The van der Waals surface area contributed by atoms with E-state index in [0.29, 0.717) is 34.2 Å². The van der Waals surface area contributed by atoms with Crippen LogP contribution in [0, 0.1) is 6.92 Å². The molecule has 0 radical (unpaired) electrons. The molecule has 0 saturated carbocycles. The van der Waals surface area contributed by atoms with Crippen molar-refractivity contribution >= 4 is 33.2 Å². The molecule has 0 heterocycles. The van der Waals surface area contributed by atoms with Crippen molar-refractivity contribution in [3.63, 3.8) is 0 Å². The van der Waals surface area contributed by atoms with Crippen LogP contribution in [0.15, 0.2) is 71.6 Å². The summed E-state index contributed by atoms with van der Waals surface area (Å²) in [5, 5.41) is 3.37. The summed E-state index contributed by atoms with van der Waals surface area (Å²) in [5.74, 6) is 0.667. The molecule has 1 amide bonds. The van der Waals surface area contributed by atoms with Crippen LogP contribution in [-0.4, -0.2) is 35.1 Å². The van der Waals surface area contributed by atoms with E-state index >= 15 is 0 Å². The van der Waals surface area contributed by atoms with E-state index in [1.807, 2.05) is 13.0 Å². The summed E-state index contributed by atoms with van der Waals surface area (Å²) >= 11 is 6.29. The quantitative estimate of drug-likeness (QED) is 0.404. The minimum atomic E-state index is -4.04. The molecule has 0 aliphatic carbocycles.